The van der Waals surface area contributed by atoms with Crippen molar-refractivity contribution in [3.05, 3.63) is 35.4 Å². The number of pyridine rings is 1. The summed E-state index contributed by atoms with van der Waals surface area (Å²) < 4.78 is 10.5. The van der Waals surface area contributed by atoms with E-state index in [0.717, 1.165) is 0 Å². The van der Waals surface area contributed by atoms with E-state index in [1.54, 1.807) is 31.4 Å². The molecule has 2 aromatic rings. The van der Waals surface area contributed by atoms with E-state index in [4.69, 9.17) is 14.7 Å². The quantitative estimate of drug-likeness (QED) is 0.362. The molecule has 0 aliphatic heterocycles. The van der Waals surface area contributed by atoms with Crippen molar-refractivity contribution in [1.82, 2.24) is 4.98 Å². The van der Waals surface area contributed by atoms with Gasteiger partial charge < -0.3 is 9.47 Å². The van der Waals surface area contributed by atoms with Gasteiger partial charge in [0.25, 0.3) is 0 Å². The summed E-state index contributed by atoms with van der Waals surface area (Å²) in [5.41, 5.74) is 1.58. The lowest BCUT2D eigenvalue weighted by atomic mass is 9.97. The summed E-state index contributed by atoms with van der Waals surface area (Å²) in [5, 5.41) is 28.6. The van der Waals surface area contributed by atoms with Crippen molar-refractivity contribution in [3.8, 4) is 35.1 Å². The molecule has 28 heavy (non-hydrogen) atoms. The van der Waals surface area contributed by atoms with Crippen LogP contribution in [0, 0.1) is 34.0 Å². The van der Waals surface area contributed by atoms with Crippen LogP contribution in [0.15, 0.2) is 34.3 Å². The van der Waals surface area contributed by atoms with Crippen LogP contribution in [0.25, 0.3) is 11.1 Å². The number of methoxy groups -OCH3 is 1. The first kappa shape index (κ1) is 20.9. The molecule has 2 rings (SSSR count). The first-order chi connectivity index (χ1) is 13.7. The number of aliphatic imine (C=N–C) groups is 1. The summed E-state index contributed by atoms with van der Waals surface area (Å²) in [6, 6.07) is 13.4. The van der Waals surface area contributed by atoms with E-state index in [9.17, 15) is 10.5 Å². The fraction of sp³-hybridized carbons (Fsp3) is 0.250. The van der Waals surface area contributed by atoms with Gasteiger partial charge in [-0.2, -0.15) is 15.8 Å². The number of hydrogen-bond donors (Lipinski definition) is 0. The first-order valence-electron chi connectivity index (χ1n) is 8.27. The van der Waals surface area contributed by atoms with Crippen LogP contribution in [0.5, 0.6) is 5.75 Å². The molecule has 0 fully saturated rings. The van der Waals surface area contributed by atoms with Gasteiger partial charge in [0.05, 0.1) is 18.2 Å². The third-order valence-electron chi connectivity index (χ3n) is 3.67. The van der Waals surface area contributed by atoms with Gasteiger partial charge in [0.15, 0.2) is 5.82 Å². The monoisotopic (exact) mass is 391 g/mol. The third-order valence-corrected chi connectivity index (χ3v) is 4.65. The molecular weight excluding hydrogens is 374 g/mol. The highest BCUT2D eigenvalue weighted by Crippen LogP contribution is 2.38. The summed E-state index contributed by atoms with van der Waals surface area (Å²) in [4.78, 5) is 8.15. The highest BCUT2D eigenvalue weighted by molar-refractivity contribution is 7.99. The van der Waals surface area contributed by atoms with Crippen LogP contribution in [0.2, 0.25) is 0 Å². The number of aromatic nitrogens is 1. The van der Waals surface area contributed by atoms with Gasteiger partial charge in [0.2, 0.25) is 0 Å². The number of hydrogen-bond acceptors (Lipinski definition) is 8. The van der Waals surface area contributed by atoms with Gasteiger partial charge in [-0.05, 0) is 24.4 Å². The van der Waals surface area contributed by atoms with E-state index in [1.165, 1.54) is 11.8 Å². The highest BCUT2D eigenvalue weighted by Gasteiger charge is 2.21. The Hall–Kier alpha value is -3.38. The number of thioether (sulfide) groups is 1. The molecule has 1 aromatic heterocycles. The van der Waals surface area contributed by atoms with Crippen molar-refractivity contribution < 1.29 is 9.47 Å². The maximum Gasteiger partial charge on any atom is 0.171 e. The fourth-order valence-corrected chi connectivity index (χ4v) is 3.25. The Morgan fingerprint density at radius 1 is 1.11 bits per heavy atom. The van der Waals surface area contributed by atoms with E-state index < -0.39 is 0 Å². The maximum absolute atomic E-state index is 9.74. The largest absolute Gasteiger partial charge is 0.491 e. The molecule has 0 aliphatic carbocycles. The second-order valence-electron chi connectivity index (χ2n) is 5.37. The van der Waals surface area contributed by atoms with E-state index in [2.05, 4.69) is 34.9 Å². The summed E-state index contributed by atoms with van der Waals surface area (Å²) in [7, 11) is 1.60. The number of ether oxygens (including phenoxy) is 2. The van der Waals surface area contributed by atoms with Crippen LogP contribution >= 0.6 is 11.8 Å². The average molecular weight is 391 g/mol. The highest BCUT2D eigenvalue weighted by atomic mass is 32.2. The van der Waals surface area contributed by atoms with Crippen molar-refractivity contribution >= 4 is 24.3 Å². The molecule has 0 saturated heterocycles. The minimum Gasteiger partial charge on any atom is -0.491 e. The van der Waals surface area contributed by atoms with Crippen LogP contribution in [0.3, 0.4) is 0 Å². The Morgan fingerprint density at radius 3 is 2.39 bits per heavy atom. The topological polar surface area (TPSA) is 115 Å². The van der Waals surface area contributed by atoms with Crippen molar-refractivity contribution in [3.63, 3.8) is 0 Å². The van der Waals surface area contributed by atoms with E-state index in [1.807, 2.05) is 0 Å². The number of rotatable bonds is 9. The lowest BCUT2D eigenvalue weighted by Gasteiger charge is -2.13. The van der Waals surface area contributed by atoms with E-state index in [0.29, 0.717) is 47.3 Å². The van der Waals surface area contributed by atoms with Gasteiger partial charge in [-0.3, -0.25) is 0 Å². The maximum atomic E-state index is 9.74. The molecule has 8 heteroatoms. The molecule has 0 saturated carbocycles. The van der Waals surface area contributed by atoms with Gasteiger partial charge in [-0.1, -0.05) is 12.1 Å². The fourth-order valence-electron chi connectivity index (χ4n) is 2.42. The van der Waals surface area contributed by atoms with Crippen molar-refractivity contribution in [1.29, 1.82) is 15.8 Å². The molecule has 1 heterocycles. The zero-order chi connectivity index (χ0) is 20.4. The zero-order valence-corrected chi connectivity index (χ0v) is 16.1. The van der Waals surface area contributed by atoms with Gasteiger partial charge in [-0.15, -0.1) is 11.8 Å². The molecule has 7 nitrogen and oxygen atoms in total. The van der Waals surface area contributed by atoms with Crippen LogP contribution in [0.4, 0.5) is 5.82 Å². The van der Waals surface area contributed by atoms with Crippen LogP contribution in [-0.2, 0) is 4.74 Å². The summed E-state index contributed by atoms with van der Waals surface area (Å²) in [6.45, 7) is 4.38. The smallest absolute Gasteiger partial charge is 0.171 e. The Kier molecular flexibility index (Phi) is 7.99. The van der Waals surface area contributed by atoms with Crippen molar-refractivity contribution in [2.24, 2.45) is 4.99 Å². The lowest BCUT2D eigenvalue weighted by Crippen LogP contribution is -2.04. The predicted molar refractivity (Wildman–Crippen MR) is 107 cm³/mol. The first-order valence-corrected chi connectivity index (χ1v) is 9.25. The molecule has 1 aromatic carbocycles. The minimum atomic E-state index is 0.163. The number of nitriles is 3. The van der Waals surface area contributed by atoms with Gasteiger partial charge in [0, 0.05) is 24.8 Å². The molecule has 140 valence electrons. The molecule has 0 bridgehead atoms. The molecule has 0 amide bonds. The van der Waals surface area contributed by atoms with E-state index in [-0.39, 0.29) is 16.9 Å². The van der Waals surface area contributed by atoms with Gasteiger partial charge in [0.1, 0.15) is 35.1 Å². The molecule has 0 N–H and O–H groups in total. The molecule has 0 atom stereocenters. The predicted octanol–water partition coefficient (Wildman–Crippen LogP) is 3.86. The van der Waals surface area contributed by atoms with Gasteiger partial charge in [-0.25, -0.2) is 9.98 Å². The Morgan fingerprint density at radius 2 is 1.82 bits per heavy atom. The second kappa shape index (κ2) is 10.7. The Labute approximate surface area is 167 Å². The molecule has 0 aliphatic rings. The molecular formula is C20H17N5O2S. The molecule has 0 unspecified atom stereocenters. The van der Waals surface area contributed by atoms with Crippen LogP contribution < -0.4 is 4.74 Å². The van der Waals surface area contributed by atoms with Crippen molar-refractivity contribution in [2.75, 3.05) is 26.1 Å². The molecule has 0 radical (unpaired) electrons. The van der Waals surface area contributed by atoms with Crippen LogP contribution in [-0.4, -0.2) is 37.8 Å². The summed E-state index contributed by atoms with van der Waals surface area (Å²) in [6.07, 6.45) is 0.316. The third kappa shape index (κ3) is 4.86. The van der Waals surface area contributed by atoms with Gasteiger partial charge >= 0.3 is 0 Å². The molecule has 0 spiro atoms. The summed E-state index contributed by atoms with van der Waals surface area (Å²) in [5.74, 6) is 1.29. The number of benzene rings is 1. The zero-order valence-electron chi connectivity index (χ0n) is 15.3. The summed E-state index contributed by atoms with van der Waals surface area (Å²) >= 11 is 1.28. The van der Waals surface area contributed by atoms with Crippen molar-refractivity contribution in [2.45, 2.75) is 11.4 Å². The minimum absolute atomic E-state index is 0.163. The van der Waals surface area contributed by atoms with E-state index >= 15 is 0 Å². The normalized spacial score (nSPS) is 9.79. The van der Waals surface area contributed by atoms with Crippen LogP contribution in [0.1, 0.15) is 17.5 Å². The lowest BCUT2D eigenvalue weighted by molar-refractivity contribution is 0.146. The number of nitrogens with zero attached hydrogens (tertiary/aromatic N) is 5. The standard InChI is InChI=1S/C20H17N5O2S/c1-24-19-16(12-22)18(17(13-23)20(25-19)28-11-3-8-21)14-4-6-15(7-5-14)27-10-9-26-2/h4-7H,1,3,9-11H2,2H3. The SMILES string of the molecule is C=Nc1nc(SCCC#N)c(C#N)c(-c2ccc(OCCOC)cc2)c1C#N. The Balaban J connectivity index is 2.53. The average Bonchev–Trinajstić information content (AvgIpc) is 2.73. The second-order valence-corrected chi connectivity index (χ2v) is 6.45. The Bertz CT molecular complexity index is 969.